The molecule has 2 rings (SSSR count). The van der Waals surface area contributed by atoms with E-state index in [1.165, 1.54) is 11.8 Å². The molecule has 0 saturated heterocycles. The number of amides is 2. The first-order chi connectivity index (χ1) is 11.4. The van der Waals surface area contributed by atoms with E-state index in [1.54, 1.807) is 6.07 Å². The van der Waals surface area contributed by atoms with Gasteiger partial charge in [-0.15, -0.1) is 0 Å². The number of carbonyl (C=O) groups is 2. The van der Waals surface area contributed by atoms with Crippen molar-refractivity contribution in [2.24, 2.45) is 0 Å². The Hall–Kier alpha value is -2.76. The Balaban J connectivity index is 2.03. The van der Waals surface area contributed by atoms with E-state index in [4.69, 9.17) is 0 Å². The summed E-state index contributed by atoms with van der Waals surface area (Å²) in [6.07, 6.45) is -0.00920. The van der Waals surface area contributed by atoms with Crippen LogP contribution in [0.2, 0.25) is 0 Å². The highest BCUT2D eigenvalue weighted by Gasteiger charge is 2.16. The summed E-state index contributed by atoms with van der Waals surface area (Å²) in [7, 11) is 0. The Morgan fingerprint density at radius 3 is 2.46 bits per heavy atom. The minimum absolute atomic E-state index is 0.00920. The predicted octanol–water partition coefficient (Wildman–Crippen LogP) is 3.65. The molecule has 0 heterocycles. The van der Waals surface area contributed by atoms with E-state index >= 15 is 0 Å². The Morgan fingerprint density at radius 1 is 1.12 bits per heavy atom. The van der Waals surface area contributed by atoms with Crippen LogP contribution >= 0.6 is 0 Å². The van der Waals surface area contributed by atoms with Crippen LogP contribution in [-0.2, 0) is 9.59 Å². The monoisotopic (exact) mass is 332 g/mol. The van der Waals surface area contributed by atoms with Crippen LogP contribution in [0.4, 0.5) is 20.2 Å². The summed E-state index contributed by atoms with van der Waals surface area (Å²) < 4.78 is 26.4. The molecule has 0 fully saturated rings. The fourth-order valence-corrected chi connectivity index (χ4v) is 2.33. The zero-order valence-electron chi connectivity index (χ0n) is 13.5. The van der Waals surface area contributed by atoms with Crippen molar-refractivity contribution >= 4 is 23.2 Å². The molecular formula is C18H18F2N2O2. The Kier molecular flexibility index (Phi) is 5.63. The second-order valence-corrected chi connectivity index (χ2v) is 5.38. The molecule has 0 bridgehead atoms. The van der Waals surface area contributed by atoms with Crippen LogP contribution < -0.4 is 10.2 Å². The van der Waals surface area contributed by atoms with E-state index in [2.05, 4.69) is 5.32 Å². The number of halogens is 2. The van der Waals surface area contributed by atoms with E-state index in [1.807, 2.05) is 25.1 Å². The summed E-state index contributed by atoms with van der Waals surface area (Å²) >= 11 is 0. The predicted molar refractivity (Wildman–Crippen MR) is 88.8 cm³/mol. The number of hydrogen-bond acceptors (Lipinski definition) is 2. The standard InChI is InChI=1S/C18H18F2N2O2/c1-12-5-3-4-6-17(12)22(13(2)23)10-9-18(24)21-16-8-7-14(19)11-15(16)20/h3-8,11H,9-10H2,1-2H3,(H,21,24). The van der Waals surface area contributed by atoms with Crippen molar-refractivity contribution in [3.63, 3.8) is 0 Å². The minimum Gasteiger partial charge on any atom is -0.324 e. The average Bonchev–Trinajstić information content (AvgIpc) is 2.51. The molecule has 0 aliphatic rings. The summed E-state index contributed by atoms with van der Waals surface area (Å²) in [6.45, 7) is 3.46. The summed E-state index contributed by atoms with van der Waals surface area (Å²) in [6, 6.07) is 10.3. The lowest BCUT2D eigenvalue weighted by atomic mass is 10.1. The molecule has 0 spiro atoms. The maximum Gasteiger partial charge on any atom is 0.226 e. The zero-order chi connectivity index (χ0) is 17.7. The number of benzene rings is 2. The molecule has 2 amide bonds. The molecule has 0 atom stereocenters. The van der Waals surface area contributed by atoms with Crippen LogP contribution in [0, 0.1) is 18.6 Å². The number of hydrogen-bond donors (Lipinski definition) is 1. The smallest absolute Gasteiger partial charge is 0.226 e. The number of carbonyl (C=O) groups excluding carboxylic acids is 2. The summed E-state index contributed by atoms with van der Waals surface area (Å²) in [5.41, 5.74) is 1.55. The van der Waals surface area contributed by atoms with Crippen molar-refractivity contribution in [2.75, 3.05) is 16.8 Å². The second-order valence-electron chi connectivity index (χ2n) is 5.38. The molecule has 126 valence electrons. The van der Waals surface area contributed by atoms with Gasteiger partial charge < -0.3 is 10.2 Å². The highest BCUT2D eigenvalue weighted by molar-refractivity contribution is 5.95. The van der Waals surface area contributed by atoms with Crippen molar-refractivity contribution in [3.05, 3.63) is 59.7 Å². The minimum atomic E-state index is -0.842. The zero-order valence-corrected chi connectivity index (χ0v) is 13.5. The summed E-state index contributed by atoms with van der Waals surface area (Å²) in [5.74, 6) is -2.20. The molecule has 4 nitrogen and oxygen atoms in total. The van der Waals surface area contributed by atoms with Crippen LogP contribution in [0.25, 0.3) is 0 Å². The number of nitrogens with one attached hydrogen (secondary N) is 1. The van der Waals surface area contributed by atoms with Gasteiger partial charge in [-0.3, -0.25) is 9.59 Å². The van der Waals surface area contributed by atoms with Gasteiger partial charge in [-0.2, -0.15) is 0 Å². The second kappa shape index (κ2) is 7.68. The van der Waals surface area contributed by atoms with Crippen LogP contribution in [0.5, 0.6) is 0 Å². The van der Waals surface area contributed by atoms with Crippen molar-refractivity contribution in [3.8, 4) is 0 Å². The molecule has 24 heavy (non-hydrogen) atoms. The van der Waals surface area contributed by atoms with Gasteiger partial charge in [0.15, 0.2) is 0 Å². The van der Waals surface area contributed by atoms with Gasteiger partial charge in [0.2, 0.25) is 11.8 Å². The first kappa shape index (κ1) is 17.6. The van der Waals surface area contributed by atoms with Gasteiger partial charge in [-0.05, 0) is 30.7 Å². The van der Waals surface area contributed by atoms with Crippen molar-refractivity contribution in [1.29, 1.82) is 0 Å². The van der Waals surface area contributed by atoms with E-state index in [0.29, 0.717) is 6.07 Å². The third-order valence-corrected chi connectivity index (χ3v) is 3.55. The largest absolute Gasteiger partial charge is 0.324 e. The maximum atomic E-state index is 13.5. The number of rotatable bonds is 5. The molecule has 0 aromatic heterocycles. The quantitative estimate of drug-likeness (QED) is 0.908. The first-order valence-corrected chi connectivity index (χ1v) is 7.47. The molecule has 0 aliphatic carbocycles. The maximum absolute atomic E-state index is 13.5. The van der Waals surface area contributed by atoms with Gasteiger partial charge in [-0.1, -0.05) is 18.2 Å². The van der Waals surface area contributed by atoms with Gasteiger partial charge in [0.05, 0.1) is 5.69 Å². The van der Waals surface area contributed by atoms with Crippen LogP contribution in [-0.4, -0.2) is 18.4 Å². The van der Waals surface area contributed by atoms with E-state index in [0.717, 1.165) is 23.4 Å². The lowest BCUT2D eigenvalue weighted by molar-refractivity contribution is -0.117. The summed E-state index contributed by atoms with van der Waals surface area (Å²) in [5, 5.41) is 2.38. The molecule has 0 radical (unpaired) electrons. The van der Waals surface area contributed by atoms with Crippen molar-refractivity contribution in [1.82, 2.24) is 0 Å². The SMILES string of the molecule is CC(=O)N(CCC(=O)Nc1ccc(F)cc1F)c1ccccc1C. The third kappa shape index (κ3) is 4.38. The van der Waals surface area contributed by atoms with Crippen LogP contribution in [0.15, 0.2) is 42.5 Å². The van der Waals surface area contributed by atoms with Crippen molar-refractivity contribution < 1.29 is 18.4 Å². The normalized spacial score (nSPS) is 10.3. The molecule has 0 saturated carbocycles. The van der Waals surface area contributed by atoms with E-state index in [9.17, 15) is 18.4 Å². The van der Waals surface area contributed by atoms with Crippen molar-refractivity contribution in [2.45, 2.75) is 20.3 Å². The number of nitrogens with zero attached hydrogens (tertiary/aromatic N) is 1. The van der Waals surface area contributed by atoms with Crippen LogP contribution in [0.3, 0.4) is 0 Å². The average molecular weight is 332 g/mol. The van der Waals surface area contributed by atoms with Gasteiger partial charge in [0.1, 0.15) is 11.6 Å². The number of aryl methyl sites for hydroxylation is 1. The number of para-hydroxylation sites is 1. The molecule has 1 N–H and O–H groups in total. The fraction of sp³-hybridized carbons (Fsp3) is 0.222. The molecule has 0 unspecified atom stereocenters. The highest BCUT2D eigenvalue weighted by Crippen LogP contribution is 2.20. The summed E-state index contributed by atoms with van der Waals surface area (Å²) in [4.78, 5) is 25.3. The molecule has 2 aromatic carbocycles. The first-order valence-electron chi connectivity index (χ1n) is 7.47. The lowest BCUT2D eigenvalue weighted by Gasteiger charge is -2.22. The molecule has 0 aliphatic heterocycles. The molecular weight excluding hydrogens is 314 g/mol. The Bertz CT molecular complexity index is 762. The van der Waals surface area contributed by atoms with Gasteiger partial charge in [0.25, 0.3) is 0 Å². The lowest BCUT2D eigenvalue weighted by Crippen LogP contribution is -2.32. The van der Waals surface area contributed by atoms with Gasteiger partial charge in [-0.25, -0.2) is 8.78 Å². The van der Waals surface area contributed by atoms with Gasteiger partial charge in [0, 0.05) is 31.6 Å². The highest BCUT2D eigenvalue weighted by atomic mass is 19.1. The van der Waals surface area contributed by atoms with Crippen LogP contribution in [0.1, 0.15) is 18.9 Å². The fourth-order valence-electron chi connectivity index (χ4n) is 2.33. The topological polar surface area (TPSA) is 49.4 Å². The molecule has 2 aromatic rings. The van der Waals surface area contributed by atoms with E-state index < -0.39 is 17.5 Å². The third-order valence-electron chi connectivity index (χ3n) is 3.55. The number of anilines is 2. The van der Waals surface area contributed by atoms with Gasteiger partial charge >= 0.3 is 0 Å². The molecule has 6 heteroatoms. The Morgan fingerprint density at radius 2 is 1.83 bits per heavy atom. The van der Waals surface area contributed by atoms with E-state index in [-0.39, 0.29) is 24.6 Å². The Labute approximate surface area is 139 Å².